The number of carbonyl (C=O) groups excluding carboxylic acids is 1. The van der Waals surface area contributed by atoms with Crippen LogP contribution in [0.5, 0.6) is 0 Å². The van der Waals surface area contributed by atoms with Crippen LogP contribution in [0.3, 0.4) is 0 Å². The highest BCUT2D eigenvalue weighted by Crippen LogP contribution is 2.27. The van der Waals surface area contributed by atoms with Gasteiger partial charge in [0.05, 0.1) is 5.75 Å². The topological polar surface area (TPSA) is 85.8 Å². The molecule has 0 aliphatic heterocycles. The van der Waals surface area contributed by atoms with Crippen LogP contribution in [0.4, 0.5) is 5.69 Å². The third kappa shape index (κ3) is 4.29. The Balaban J connectivity index is 2.02. The van der Waals surface area contributed by atoms with Crippen molar-refractivity contribution in [2.24, 2.45) is 0 Å². The maximum atomic E-state index is 12.3. The molecule has 1 amide bonds. The van der Waals surface area contributed by atoms with E-state index < -0.39 is 0 Å². The van der Waals surface area contributed by atoms with Crippen molar-refractivity contribution in [3.05, 3.63) is 35.2 Å². The summed E-state index contributed by atoms with van der Waals surface area (Å²) in [5, 5.41) is 11.7. The van der Waals surface area contributed by atoms with Gasteiger partial charge in [-0.3, -0.25) is 4.79 Å². The summed E-state index contributed by atoms with van der Waals surface area (Å²) < 4.78 is 1.47. The number of aromatic nitrogens is 3. The molecule has 0 radical (unpaired) electrons. The number of hydrogen-bond donors (Lipinski definition) is 2. The van der Waals surface area contributed by atoms with Gasteiger partial charge in [0.1, 0.15) is 0 Å². The predicted octanol–water partition coefficient (Wildman–Crippen LogP) is 3.11. The van der Waals surface area contributed by atoms with E-state index in [1.165, 1.54) is 16.4 Å². The minimum Gasteiger partial charge on any atom is -0.336 e. The first kappa shape index (κ1) is 18.3. The van der Waals surface area contributed by atoms with Crippen LogP contribution in [0.15, 0.2) is 23.4 Å². The van der Waals surface area contributed by atoms with Crippen molar-refractivity contribution >= 4 is 23.4 Å². The smallest absolute Gasteiger partial charge is 0.234 e. The average Bonchev–Trinajstić information content (AvgIpc) is 2.88. The van der Waals surface area contributed by atoms with Crippen molar-refractivity contribution in [2.75, 3.05) is 16.9 Å². The lowest BCUT2D eigenvalue weighted by Gasteiger charge is -2.16. The highest BCUT2D eigenvalue weighted by atomic mass is 32.2. The van der Waals surface area contributed by atoms with Gasteiger partial charge in [-0.1, -0.05) is 50.7 Å². The fourth-order valence-electron chi connectivity index (χ4n) is 2.45. The standard InChI is InChI=1S/C17H25N5OS/c1-5-7-14-20-21-17(22(14)18)24-10-15(23)19-16-12(4)8-6-9-13(16)11(2)3/h6,8-9,11H,5,7,10,18H2,1-4H3,(H,19,23). The van der Waals surface area contributed by atoms with Crippen molar-refractivity contribution < 1.29 is 4.79 Å². The molecule has 7 heteroatoms. The van der Waals surface area contributed by atoms with Crippen LogP contribution in [-0.2, 0) is 11.2 Å². The molecule has 1 aromatic carbocycles. The monoisotopic (exact) mass is 347 g/mol. The van der Waals surface area contributed by atoms with Crippen molar-refractivity contribution in [1.29, 1.82) is 0 Å². The van der Waals surface area contributed by atoms with E-state index in [1.54, 1.807) is 0 Å². The fourth-order valence-corrected chi connectivity index (χ4v) is 3.12. The molecule has 0 aliphatic carbocycles. The molecule has 0 saturated carbocycles. The summed E-state index contributed by atoms with van der Waals surface area (Å²) in [6, 6.07) is 6.07. The Morgan fingerprint density at radius 1 is 1.38 bits per heavy atom. The first-order valence-corrected chi connectivity index (χ1v) is 9.14. The van der Waals surface area contributed by atoms with Crippen LogP contribution in [0.25, 0.3) is 0 Å². The highest BCUT2D eigenvalue weighted by molar-refractivity contribution is 7.99. The number of nitrogens with two attached hydrogens (primary N) is 1. The Labute approximate surface area is 147 Å². The van der Waals surface area contributed by atoms with Crippen molar-refractivity contribution in [2.45, 2.75) is 51.6 Å². The van der Waals surface area contributed by atoms with E-state index in [9.17, 15) is 4.79 Å². The molecular formula is C17H25N5OS. The van der Waals surface area contributed by atoms with Crippen LogP contribution in [0.2, 0.25) is 0 Å². The first-order chi connectivity index (χ1) is 11.4. The average molecular weight is 347 g/mol. The Kier molecular flexibility index (Phi) is 6.25. The van der Waals surface area contributed by atoms with Gasteiger partial charge in [-0.05, 0) is 30.4 Å². The number of rotatable bonds is 7. The Morgan fingerprint density at radius 3 is 2.79 bits per heavy atom. The molecule has 3 N–H and O–H groups in total. The second-order valence-corrected chi connectivity index (χ2v) is 6.99. The number of nitrogens with zero attached hydrogens (tertiary/aromatic N) is 3. The number of nitrogen functional groups attached to an aromatic ring is 1. The van der Waals surface area contributed by atoms with Gasteiger partial charge in [-0.15, -0.1) is 10.2 Å². The molecule has 0 spiro atoms. The number of carbonyl (C=O) groups is 1. The summed E-state index contributed by atoms with van der Waals surface area (Å²) in [6.45, 7) is 8.29. The van der Waals surface area contributed by atoms with E-state index in [0.29, 0.717) is 11.1 Å². The first-order valence-electron chi connectivity index (χ1n) is 8.15. The molecule has 0 bridgehead atoms. The van der Waals surface area contributed by atoms with E-state index >= 15 is 0 Å². The molecule has 0 saturated heterocycles. The Morgan fingerprint density at radius 2 is 2.12 bits per heavy atom. The van der Waals surface area contributed by atoms with E-state index in [1.807, 2.05) is 25.1 Å². The van der Waals surface area contributed by atoms with Crippen LogP contribution >= 0.6 is 11.8 Å². The molecule has 2 aromatic rings. The summed E-state index contributed by atoms with van der Waals surface area (Å²) >= 11 is 1.29. The molecule has 130 valence electrons. The van der Waals surface area contributed by atoms with E-state index in [4.69, 9.17) is 5.84 Å². The molecule has 1 heterocycles. The number of anilines is 1. The molecule has 1 aromatic heterocycles. The molecule has 0 atom stereocenters. The number of hydrogen-bond acceptors (Lipinski definition) is 5. The number of aryl methyl sites for hydroxylation is 2. The maximum absolute atomic E-state index is 12.3. The highest BCUT2D eigenvalue weighted by Gasteiger charge is 2.14. The van der Waals surface area contributed by atoms with Crippen LogP contribution in [0, 0.1) is 6.92 Å². The van der Waals surface area contributed by atoms with Gasteiger partial charge in [-0.25, -0.2) is 4.68 Å². The minimum absolute atomic E-state index is 0.0729. The van der Waals surface area contributed by atoms with Crippen molar-refractivity contribution in [3.8, 4) is 0 Å². The number of nitrogens with one attached hydrogen (secondary N) is 1. The molecule has 0 unspecified atom stereocenters. The largest absolute Gasteiger partial charge is 0.336 e. The number of benzene rings is 1. The molecule has 0 fully saturated rings. The summed E-state index contributed by atoms with van der Waals surface area (Å²) in [4.78, 5) is 12.3. The zero-order valence-electron chi connectivity index (χ0n) is 14.7. The molecule has 24 heavy (non-hydrogen) atoms. The summed E-state index contributed by atoms with van der Waals surface area (Å²) in [5.74, 6) is 7.21. The van der Waals surface area contributed by atoms with Crippen LogP contribution < -0.4 is 11.2 Å². The number of thioether (sulfide) groups is 1. The van der Waals surface area contributed by atoms with Gasteiger partial charge >= 0.3 is 0 Å². The van der Waals surface area contributed by atoms with E-state index in [0.717, 1.165) is 35.5 Å². The van der Waals surface area contributed by atoms with Crippen molar-refractivity contribution in [1.82, 2.24) is 14.9 Å². The van der Waals surface area contributed by atoms with Gasteiger partial charge in [0.2, 0.25) is 11.1 Å². The van der Waals surface area contributed by atoms with Crippen molar-refractivity contribution in [3.63, 3.8) is 0 Å². The Bertz CT molecular complexity index is 711. The summed E-state index contributed by atoms with van der Waals surface area (Å²) in [5.41, 5.74) is 3.10. The zero-order chi connectivity index (χ0) is 17.7. The fraction of sp³-hybridized carbons (Fsp3) is 0.471. The van der Waals surface area contributed by atoms with E-state index in [-0.39, 0.29) is 11.7 Å². The maximum Gasteiger partial charge on any atom is 0.234 e. The van der Waals surface area contributed by atoms with Crippen LogP contribution in [-0.4, -0.2) is 26.5 Å². The molecular weight excluding hydrogens is 322 g/mol. The lowest BCUT2D eigenvalue weighted by Crippen LogP contribution is -2.18. The van der Waals surface area contributed by atoms with Gasteiger partial charge in [0.15, 0.2) is 5.82 Å². The lowest BCUT2D eigenvalue weighted by atomic mass is 9.98. The van der Waals surface area contributed by atoms with Crippen LogP contribution in [0.1, 0.15) is 50.1 Å². The summed E-state index contributed by atoms with van der Waals surface area (Å²) in [7, 11) is 0. The molecule has 0 aliphatic rings. The zero-order valence-corrected chi connectivity index (χ0v) is 15.5. The lowest BCUT2D eigenvalue weighted by molar-refractivity contribution is -0.113. The predicted molar refractivity (Wildman–Crippen MR) is 98.8 cm³/mol. The third-order valence-corrected chi connectivity index (χ3v) is 4.68. The van der Waals surface area contributed by atoms with Gasteiger partial charge < -0.3 is 11.2 Å². The molecule has 2 rings (SSSR count). The number of amides is 1. The second kappa shape index (κ2) is 8.19. The normalized spacial score (nSPS) is 11.0. The third-order valence-electron chi connectivity index (χ3n) is 3.73. The van der Waals surface area contributed by atoms with Gasteiger partial charge in [-0.2, -0.15) is 0 Å². The van der Waals surface area contributed by atoms with Gasteiger partial charge in [0, 0.05) is 12.1 Å². The number of para-hydroxylation sites is 1. The quantitative estimate of drug-likeness (QED) is 0.594. The SMILES string of the molecule is CCCc1nnc(SCC(=O)Nc2c(C)cccc2C(C)C)n1N. The van der Waals surface area contributed by atoms with E-state index in [2.05, 4.69) is 36.3 Å². The van der Waals surface area contributed by atoms with Gasteiger partial charge in [0.25, 0.3) is 0 Å². The second-order valence-electron chi connectivity index (χ2n) is 6.05. The Hall–Kier alpha value is -2.02. The molecule has 6 nitrogen and oxygen atoms in total. The minimum atomic E-state index is -0.0729. The summed E-state index contributed by atoms with van der Waals surface area (Å²) in [6.07, 6.45) is 1.73.